The maximum atomic E-state index is 4.49. The summed E-state index contributed by atoms with van der Waals surface area (Å²) in [5, 5.41) is 3.37. The van der Waals surface area contributed by atoms with E-state index in [-0.39, 0.29) is 0 Å². The van der Waals surface area contributed by atoms with Crippen molar-refractivity contribution in [3.63, 3.8) is 0 Å². The van der Waals surface area contributed by atoms with E-state index in [1.165, 1.54) is 0 Å². The molecule has 4 heteroatoms. The molecule has 16 heavy (non-hydrogen) atoms. The fraction of sp³-hybridized carbons (Fsp3) is 0.750. The standard InChI is InChI=1S/C12H24N4/c1-6-15(5)7-8-16-9-11(4)14-12(16)13-10(2)3/h9-10H,6-8H2,1-5H3,(H,13,14). The molecule has 0 bridgehead atoms. The molecule has 0 aliphatic heterocycles. The lowest BCUT2D eigenvalue weighted by Gasteiger charge is -2.16. The molecular weight excluding hydrogens is 200 g/mol. The summed E-state index contributed by atoms with van der Waals surface area (Å²) in [5.74, 6) is 0.983. The number of hydrogen-bond donors (Lipinski definition) is 1. The highest BCUT2D eigenvalue weighted by Gasteiger charge is 2.06. The van der Waals surface area contributed by atoms with Gasteiger partial charge in [-0.15, -0.1) is 0 Å². The molecule has 1 rings (SSSR count). The molecule has 0 aromatic carbocycles. The smallest absolute Gasteiger partial charge is 0.203 e. The van der Waals surface area contributed by atoms with Crippen molar-refractivity contribution in [2.45, 2.75) is 40.3 Å². The zero-order valence-corrected chi connectivity index (χ0v) is 11.1. The van der Waals surface area contributed by atoms with E-state index in [1.807, 2.05) is 6.92 Å². The second-order valence-electron chi connectivity index (χ2n) is 4.59. The Morgan fingerprint density at radius 3 is 2.75 bits per heavy atom. The Hall–Kier alpha value is -1.03. The Balaban J connectivity index is 2.63. The molecule has 0 radical (unpaired) electrons. The van der Waals surface area contributed by atoms with Crippen LogP contribution in [-0.4, -0.2) is 40.6 Å². The van der Waals surface area contributed by atoms with Gasteiger partial charge in [0, 0.05) is 25.3 Å². The fourth-order valence-corrected chi connectivity index (χ4v) is 1.53. The highest BCUT2D eigenvalue weighted by atomic mass is 15.2. The lowest BCUT2D eigenvalue weighted by Crippen LogP contribution is -2.24. The van der Waals surface area contributed by atoms with Gasteiger partial charge in [-0.05, 0) is 34.4 Å². The van der Waals surface area contributed by atoms with E-state index in [0.717, 1.165) is 31.3 Å². The molecule has 0 fully saturated rings. The predicted octanol–water partition coefficient (Wildman–Crippen LogP) is 1.96. The summed E-state index contributed by atoms with van der Waals surface area (Å²) >= 11 is 0. The normalized spacial score (nSPS) is 11.4. The summed E-state index contributed by atoms with van der Waals surface area (Å²) in [7, 11) is 2.14. The number of imidazole rings is 1. The fourth-order valence-electron chi connectivity index (χ4n) is 1.53. The average molecular weight is 224 g/mol. The molecule has 0 unspecified atom stereocenters. The van der Waals surface area contributed by atoms with Crippen LogP contribution in [-0.2, 0) is 6.54 Å². The maximum Gasteiger partial charge on any atom is 0.203 e. The van der Waals surface area contributed by atoms with Crippen molar-refractivity contribution >= 4 is 5.95 Å². The Bertz CT molecular complexity index is 317. The van der Waals surface area contributed by atoms with Gasteiger partial charge in [0.25, 0.3) is 0 Å². The number of nitrogens with one attached hydrogen (secondary N) is 1. The lowest BCUT2D eigenvalue weighted by atomic mass is 10.4. The molecule has 0 aliphatic rings. The van der Waals surface area contributed by atoms with Gasteiger partial charge in [0.15, 0.2) is 0 Å². The lowest BCUT2D eigenvalue weighted by molar-refractivity contribution is 0.336. The van der Waals surface area contributed by atoms with E-state index in [0.29, 0.717) is 6.04 Å². The quantitative estimate of drug-likeness (QED) is 0.802. The summed E-state index contributed by atoms with van der Waals surface area (Å²) in [6.07, 6.45) is 2.11. The SMILES string of the molecule is CCN(C)CCn1cc(C)nc1NC(C)C. The topological polar surface area (TPSA) is 33.1 Å². The van der Waals surface area contributed by atoms with Crippen LogP contribution < -0.4 is 5.32 Å². The minimum atomic E-state index is 0.421. The number of hydrogen-bond acceptors (Lipinski definition) is 3. The largest absolute Gasteiger partial charge is 0.353 e. The monoisotopic (exact) mass is 224 g/mol. The third-order valence-corrected chi connectivity index (χ3v) is 2.58. The van der Waals surface area contributed by atoms with Gasteiger partial charge >= 0.3 is 0 Å². The van der Waals surface area contributed by atoms with Gasteiger partial charge in [-0.2, -0.15) is 0 Å². The molecule has 4 nitrogen and oxygen atoms in total. The second kappa shape index (κ2) is 5.89. The molecule has 0 aliphatic carbocycles. The van der Waals surface area contributed by atoms with E-state index < -0.39 is 0 Å². The number of anilines is 1. The molecule has 0 saturated carbocycles. The molecule has 0 saturated heterocycles. The van der Waals surface area contributed by atoms with E-state index in [9.17, 15) is 0 Å². The molecule has 1 heterocycles. The Labute approximate surface area is 98.7 Å². The van der Waals surface area contributed by atoms with Gasteiger partial charge in [0.2, 0.25) is 5.95 Å². The molecule has 1 aromatic rings. The van der Waals surface area contributed by atoms with Crippen LogP contribution >= 0.6 is 0 Å². The van der Waals surface area contributed by atoms with Crippen molar-refractivity contribution in [1.29, 1.82) is 0 Å². The van der Waals surface area contributed by atoms with Crippen molar-refractivity contribution in [3.8, 4) is 0 Å². The molecule has 1 N–H and O–H groups in total. The number of aryl methyl sites for hydroxylation is 1. The first-order valence-electron chi connectivity index (χ1n) is 6.01. The average Bonchev–Trinajstić information content (AvgIpc) is 2.54. The number of aromatic nitrogens is 2. The van der Waals surface area contributed by atoms with Crippen molar-refractivity contribution in [2.24, 2.45) is 0 Å². The Kier molecular flexibility index (Phi) is 4.80. The summed E-state index contributed by atoms with van der Waals surface area (Å²) in [4.78, 5) is 6.79. The van der Waals surface area contributed by atoms with Crippen molar-refractivity contribution < 1.29 is 0 Å². The van der Waals surface area contributed by atoms with Gasteiger partial charge in [-0.25, -0.2) is 4.98 Å². The van der Waals surface area contributed by atoms with Crippen LogP contribution in [0.15, 0.2) is 6.20 Å². The summed E-state index contributed by atoms with van der Waals surface area (Å²) in [5.41, 5.74) is 1.07. The third kappa shape index (κ3) is 3.85. The highest BCUT2D eigenvalue weighted by Crippen LogP contribution is 2.09. The first-order chi connectivity index (χ1) is 7.52. The zero-order valence-electron chi connectivity index (χ0n) is 11.1. The Morgan fingerprint density at radius 2 is 2.19 bits per heavy atom. The van der Waals surface area contributed by atoms with E-state index in [1.54, 1.807) is 0 Å². The first-order valence-corrected chi connectivity index (χ1v) is 6.01. The van der Waals surface area contributed by atoms with Crippen LogP contribution in [0.1, 0.15) is 26.5 Å². The van der Waals surface area contributed by atoms with Gasteiger partial charge in [0.1, 0.15) is 0 Å². The minimum absolute atomic E-state index is 0.421. The summed E-state index contributed by atoms with van der Waals surface area (Å²) in [6.45, 7) is 11.6. The van der Waals surface area contributed by atoms with Crippen LogP contribution in [0.25, 0.3) is 0 Å². The molecule has 92 valence electrons. The minimum Gasteiger partial charge on any atom is -0.353 e. The molecule has 0 amide bonds. The number of likely N-dealkylation sites (N-methyl/N-ethyl adjacent to an activating group) is 1. The zero-order chi connectivity index (χ0) is 12.1. The maximum absolute atomic E-state index is 4.49. The summed E-state index contributed by atoms with van der Waals surface area (Å²) < 4.78 is 2.20. The van der Waals surface area contributed by atoms with Crippen LogP contribution in [0.4, 0.5) is 5.95 Å². The molecule has 1 aromatic heterocycles. The van der Waals surface area contributed by atoms with Crippen molar-refractivity contribution in [2.75, 3.05) is 25.5 Å². The molecule has 0 atom stereocenters. The van der Waals surface area contributed by atoms with Gasteiger partial charge < -0.3 is 14.8 Å². The second-order valence-corrected chi connectivity index (χ2v) is 4.59. The first kappa shape index (κ1) is 13.0. The van der Waals surface area contributed by atoms with Gasteiger partial charge in [0.05, 0.1) is 5.69 Å². The van der Waals surface area contributed by atoms with E-state index >= 15 is 0 Å². The van der Waals surface area contributed by atoms with Crippen LogP contribution in [0.5, 0.6) is 0 Å². The third-order valence-electron chi connectivity index (χ3n) is 2.58. The number of nitrogens with zero attached hydrogens (tertiary/aromatic N) is 3. The highest BCUT2D eigenvalue weighted by molar-refractivity contribution is 5.29. The van der Waals surface area contributed by atoms with Crippen molar-refractivity contribution in [3.05, 3.63) is 11.9 Å². The summed E-state index contributed by atoms with van der Waals surface area (Å²) in [6, 6.07) is 0.421. The van der Waals surface area contributed by atoms with Crippen LogP contribution in [0.2, 0.25) is 0 Å². The predicted molar refractivity (Wildman–Crippen MR) is 68.9 cm³/mol. The van der Waals surface area contributed by atoms with E-state index in [2.05, 4.69) is 53.8 Å². The van der Waals surface area contributed by atoms with Gasteiger partial charge in [-0.3, -0.25) is 0 Å². The van der Waals surface area contributed by atoms with Crippen LogP contribution in [0, 0.1) is 6.92 Å². The van der Waals surface area contributed by atoms with E-state index in [4.69, 9.17) is 0 Å². The van der Waals surface area contributed by atoms with Gasteiger partial charge in [-0.1, -0.05) is 6.92 Å². The molecular formula is C12H24N4. The van der Waals surface area contributed by atoms with Crippen LogP contribution in [0.3, 0.4) is 0 Å². The molecule has 0 spiro atoms. The Morgan fingerprint density at radius 1 is 1.50 bits per heavy atom. The van der Waals surface area contributed by atoms with Crippen molar-refractivity contribution in [1.82, 2.24) is 14.5 Å². The number of rotatable bonds is 6.